The van der Waals surface area contributed by atoms with Crippen LogP contribution < -0.4 is 15.4 Å². The molecule has 10 heteroatoms. The van der Waals surface area contributed by atoms with E-state index < -0.39 is 11.2 Å². The molecule has 2 aromatic rings. The number of esters is 2. The first-order chi connectivity index (χ1) is 16.8. The molecule has 1 aromatic heterocycles. The van der Waals surface area contributed by atoms with Gasteiger partial charge in [-0.3, -0.25) is 9.59 Å². The van der Waals surface area contributed by atoms with E-state index in [2.05, 4.69) is 25.6 Å². The summed E-state index contributed by atoms with van der Waals surface area (Å²) in [6.45, 7) is 13.8. The number of anilines is 3. The minimum absolute atomic E-state index is 0.186. The number of aromatic nitrogens is 3. The number of benzene rings is 1. The lowest BCUT2D eigenvalue weighted by molar-refractivity contribution is -0.155. The van der Waals surface area contributed by atoms with Gasteiger partial charge in [0.05, 0.1) is 6.61 Å². The number of nitrogens with zero attached hydrogens (tertiary/aromatic N) is 3. The lowest BCUT2D eigenvalue weighted by atomic mass is 10.1. The molecule has 2 rings (SSSR count). The van der Waals surface area contributed by atoms with E-state index in [4.69, 9.17) is 14.2 Å². The van der Waals surface area contributed by atoms with Crippen molar-refractivity contribution < 1.29 is 23.8 Å². The minimum Gasteiger partial charge on any atom is -0.464 e. The van der Waals surface area contributed by atoms with Crippen molar-refractivity contribution in [2.45, 2.75) is 85.4 Å². The molecule has 1 heterocycles. The zero-order chi connectivity index (χ0) is 26.8. The lowest BCUT2D eigenvalue weighted by Crippen LogP contribution is -2.24. The maximum Gasteiger partial charge on any atom is 0.323 e. The fraction of sp³-hybridized carbons (Fsp3) is 0.577. The fourth-order valence-corrected chi connectivity index (χ4v) is 3.08. The van der Waals surface area contributed by atoms with Gasteiger partial charge in [0, 0.05) is 25.1 Å². The molecule has 2 N–H and O–H groups in total. The summed E-state index contributed by atoms with van der Waals surface area (Å²) >= 11 is 0. The highest BCUT2D eigenvalue weighted by atomic mass is 16.6. The van der Waals surface area contributed by atoms with Crippen molar-refractivity contribution >= 4 is 29.5 Å². The van der Waals surface area contributed by atoms with Crippen LogP contribution in [0, 0.1) is 0 Å². The summed E-state index contributed by atoms with van der Waals surface area (Å²) in [6, 6.07) is 7.85. The van der Waals surface area contributed by atoms with E-state index in [0.717, 1.165) is 11.3 Å². The number of carbonyl (C=O) groups excluding carboxylic acids is 2. The van der Waals surface area contributed by atoms with Crippen molar-refractivity contribution in [1.29, 1.82) is 0 Å². The van der Waals surface area contributed by atoms with Crippen LogP contribution in [0.2, 0.25) is 0 Å². The molecule has 10 nitrogen and oxygen atoms in total. The number of hydrogen-bond donors (Lipinski definition) is 2. The van der Waals surface area contributed by atoms with E-state index in [9.17, 15) is 9.59 Å². The molecular weight excluding hydrogens is 462 g/mol. The zero-order valence-corrected chi connectivity index (χ0v) is 22.4. The molecule has 0 aliphatic carbocycles. The average Bonchev–Trinajstić information content (AvgIpc) is 2.73. The van der Waals surface area contributed by atoms with Gasteiger partial charge in [-0.15, -0.1) is 0 Å². The van der Waals surface area contributed by atoms with Crippen molar-refractivity contribution in [3.8, 4) is 6.01 Å². The van der Waals surface area contributed by atoms with Crippen molar-refractivity contribution in [2.24, 2.45) is 0 Å². The van der Waals surface area contributed by atoms with Crippen LogP contribution in [0.15, 0.2) is 24.3 Å². The highest BCUT2D eigenvalue weighted by Crippen LogP contribution is 2.19. The number of aryl methyl sites for hydroxylation is 1. The highest BCUT2D eigenvalue weighted by Gasteiger charge is 2.17. The SMILES string of the molecule is CCOc1nc(NCCCC(=O)OC(C)(C)C)nc(Nc2cccc(CCC(=O)OC(C)(C)C)c2)n1. The largest absolute Gasteiger partial charge is 0.464 e. The van der Waals surface area contributed by atoms with Crippen LogP contribution in [0.3, 0.4) is 0 Å². The smallest absolute Gasteiger partial charge is 0.323 e. The Hall–Kier alpha value is -3.43. The number of ether oxygens (including phenoxy) is 3. The Morgan fingerprint density at radius 3 is 2.17 bits per heavy atom. The molecule has 0 saturated carbocycles. The van der Waals surface area contributed by atoms with Gasteiger partial charge in [-0.1, -0.05) is 12.1 Å². The Balaban J connectivity index is 1.99. The second-order valence-corrected chi connectivity index (χ2v) is 10.2. The maximum atomic E-state index is 12.0. The summed E-state index contributed by atoms with van der Waals surface area (Å²) in [5.74, 6) is 0.166. The van der Waals surface area contributed by atoms with Crippen LogP contribution >= 0.6 is 0 Å². The third-order valence-corrected chi connectivity index (χ3v) is 4.37. The van der Waals surface area contributed by atoms with Gasteiger partial charge in [-0.25, -0.2) is 0 Å². The molecule has 0 spiro atoms. The van der Waals surface area contributed by atoms with Crippen LogP contribution in [0.1, 0.15) is 73.3 Å². The monoisotopic (exact) mass is 501 g/mol. The third-order valence-electron chi connectivity index (χ3n) is 4.37. The van der Waals surface area contributed by atoms with Gasteiger partial charge in [0.2, 0.25) is 11.9 Å². The second-order valence-electron chi connectivity index (χ2n) is 10.2. The average molecular weight is 502 g/mol. The fourth-order valence-electron chi connectivity index (χ4n) is 3.08. The van der Waals surface area contributed by atoms with Gasteiger partial charge in [-0.05, 0) is 79.0 Å². The molecular formula is C26H39N5O5. The summed E-state index contributed by atoms with van der Waals surface area (Å²) in [5, 5.41) is 6.28. The van der Waals surface area contributed by atoms with Gasteiger partial charge in [0.25, 0.3) is 0 Å². The van der Waals surface area contributed by atoms with E-state index in [1.165, 1.54) is 0 Å². The van der Waals surface area contributed by atoms with Gasteiger partial charge < -0.3 is 24.8 Å². The standard InChI is InChI=1S/C26H39N5O5/c1-8-34-24-30-22(27-16-10-13-20(32)35-25(2,3)4)29-23(31-24)28-19-12-9-11-18(17-19)14-15-21(33)36-26(5,6)7/h9,11-12,17H,8,10,13-16H2,1-7H3,(H2,27,28,29,30,31). The highest BCUT2D eigenvalue weighted by molar-refractivity contribution is 5.70. The van der Waals surface area contributed by atoms with Crippen LogP contribution in [0.5, 0.6) is 6.01 Å². The predicted octanol–water partition coefficient (Wildman–Crippen LogP) is 4.82. The molecule has 0 saturated heterocycles. The Morgan fingerprint density at radius 1 is 0.889 bits per heavy atom. The van der Waals surface area contributed by atoms with Gasteiger partial charge in [0.1, 0.15) is 11.2 Å². The van der Waals surface area contributed by atoms with Crippen LogP contribution in [0.25, 0.3) is 0 Å². The van der Waals surface area contributed by atoms with Crippen molar-refractivity contribution in [3.05, 3.63) is 29.8 Å². The maximum absolute atomic E-state index is 12.0. The minimum atomic E-state index is -0.501. The van der Waals surface area contributed by atoms with Crippen molar-refractivity contribution in [1.82, 2.24) is 15.0 Å². The van der Waals surface area contributed by atoms with E-state index in [1.54, 1.807) is 0 Å². The van der Waals surface area contributed by atoms with Gasteiger partial charge in [-0.2, -0.15) is 15.0 Å². The first kappa shape index (κ1) is 28.8. The molecule has 36 heavy (non-hydrogen) atoms. The van der Waals surface area contributed by atoms with E-state index >= 15 is 0 Å². The van der Waals surface area contributed by atoms with Crippen LogP contribution in [-0.2, 0) is 25.5 Å². The quantitative estimate of drug-likeness (QED) is 0.309. The molecule has 0 unspecified atom stereocenters. The summed E-state index contributed by atoms with van der Waals surface area (Å²) < 4.78 is 16.2. The Morgan fingerprint density at radius 2 is 1.53 bits per heavy atom. The normalized spacial score (nSPS) is 11.5. The molecule has 0 bridgehead atoms. The summed E-state index contributed by atoms with van der Waals surface area (Å²) in [7, 11) is 0. The Labute approximate surface area is 213 Å². The molecule has 0 aliphatic heterocycles. The molecule has 0 atom stereocenters. The number of hydrogen-bond acceptors (Lipinski definition) is 10. The molecule has 198 valence electrons. The first-order valence-corrected chi connectivity index (χ1v) is 12.3. The molecule has 0 fully saturated rings. The van der Waals surface area contributed by atoms with Gasteiger partial charge in [0.15, 0.2) is 0 Å². The van der Waals surface area contributed by atoms with Crippen LogP contribution in [0.4, 0.5) is 17.6 Å². The summed E-state index contributed by atoms with van der Waals surface area (Å²) in [5.41, 5.74) is 0.740. The lowest BCUT2D eigenvalue weighted by Gasteiger charge is -2.19. The Kier molecular flexibility index (Phi) is 10.4. The second kappa shape index (κ2) is 13.0. The number of nitrogens with one attached hydrogen (secondary N) is 2. The molecule has 0 aliphatic rings. The summed E-state index contributed by atoms with van der Waals surface area (Å²) in [4.78, 5) is 36.9. The van der Waals surface area contributed by atoms with Crippen LogP contribution in [-0.4, -0.2) is 51.2 Å². The molecule has 0 amide bonds. The van der Waals surface area contributed by atoms with Crippen molar-refractivity contribution in [2.75, 3.05) is 23.8 Å². The van der Waals surface area contributed by atoms with Crippen molar-refractivity contribution in [3.63, 3.8) is 0 Å². The zero-order valence-electron chi connectivity index (χ0n) is 22.4. The third kappa shape index (κ3) is 11.8. The molecule has 0 radical (unpaired) electrons. The first-order valence-electron chi connectivity index (χ1n) is 12.3. The summed E-state index contributed by atoms with van der Waals surface area (Å²) in [6.07, 6.45) is 1.69. The molecule has 1 aromatic carbocycles. The Bertz CT molecular complexity index is 1010. The topological polar surface area (TPSA) is 125 Å². The van der Waals surface area contributed by atoms with Gasteiger partial charge >= 0.3 is 17.9 Å². The van der Waals surface area contributed by atoms with E-state index in [1.807, 2.05) is 72.7 Å². The number of rotatable bonds is 12. The predicted molar refractivity (Wildman–Crippen MR) is 138 cm³/mol. The van der Waals surface area contributed by atoms with E-state index in [-0.39, 0.29) is 24.4 Å². The van der Waals surface area contributed by atoms with E-state index in [0.29, 0.717) is 44.3 Å². The number of carbonyl (C=O) groups is 2.